The molecule has 5 aromatic rings. The maximum atomic E-state index is 13.2. The summed E-state index contributed by atoms with van der Waals surface area (Å²) < 4.78 is 1.95. The molecule has 10 heteroatoms. The molecule has 1 aromatic carbocycles. The second-order valence-electron chi connectivity index (χ2n) is 10.5. The number of rotatable bonds is 5. The van der Waals surface area contributed by atoms with Crippen molar-refractivity contribution in [3.05, 3.63) is 73.1 Å². The fraction of sp³-hybridized carbons (Fsp3) is 0.310. The molecule has 0 atom stereocenters. The zero-order valence-electron chi connectivity index (χ0n) is 21.4. The smallest absolute Gasteiger partial charge is 0.253 e. The average Bonchev–Trinajstić information content (AvgIpc) is 3.65. The van der Waals surface area contributed by atoms with Crippen molar-refractivity contribution < 1.29 is 4.79 Å². The number of H-pyrrole nitrogens is 1. The Morgan fingerprint density at radius 2 is 2.00 bits per heavy atom. The van der Waals surface area contributed by atoms with Crippen molar-refractivity contribution in [3.63, 3.8) is 0 Å². The molecule has 10 nitrogen and oxygen atoms in total. The minimum Gasteiger partial charge on any atom is -0.346 e. The average molecular weight is 518 g/mol. The van der Waals surface area contributed by atoms with Gasteiger partial charge in [-0.25, -0.2) is 9.97 Å². The van der Waals surface area contributed by atoms with E-state index < -0.39 is 0 Å². The third-order valence-electron chi connectivity index (χ3n) is 8.22. The zero-order valence-corrected chi connectivity index (χ0v) is 21.4. The normalized spacial score (nSPS) is 17.8. The van der Waals surface area contributed by atoms with E-state index in [2.05, 4.69) is 36.0 Å². The Bertz CT molecular complexity index is 1720. The van der Waals surface area contributed by atoms with E-state index in [4.69, 9.17) is 0 Å². The Kier molecular flexibility index (Phi) is 5.60. The van der Waals surface area contributed by atoms with Crippen LogP contribution in [-0.2, 0) is 5.54 Å². The van der Waals surface area contributed by atoms with Gasteiger partial charge in [0.2, 0.25) is 0 Å². The first-order chi connectivity index (χ1) is 19.1. The molecule has 4 aromatic heterocycles. The molecule has 2 fully saturated rings. The SMILES string of the molecule is N#CCC1(n2cc(-c3ncnc4[nH]ccc34)cn2)CN(C2CCN(C(=O)c3ccc4ncccc4c3)CC2)C1. The maximum Gasteiger partial charge on any atom is 0.253 e. The monoisotopic (exact) mass is 517 g/mol. The maximum absolute atomic E-state index is 13.2. The van der Waals surface area contributed by atoms with E-state index in [1.807, 2.05) is 64.6 Å². The first-order valence-corrected chi connectivity index (χ1v) is 13.2. The van der Waals surface area contributed by atoms with Crippen LogP contribution in [0.3, 0.4) is 0 Å². The highest BCUT2D eigenvalue weighted by Crippen LogP contribution is 2.37. The Balaban J connectivity index is 1.02. The van der Waals surface area contributed by atoms with Gasteiger partial charge in [0.05, 0.1) is 29.9 Å². The van der Waals surface area contributed by atoms with Gasteiger partial charge in [0.1, 0.15) is 17.5 Å². The van der Waals surface area contributed by atoms with Crippen molar-refractivity contribution >= 4 is 27.8 Å². The number of piperidine rings is 1. The lowest BCUT2D eigenvalue weighted by atomic mass is 9.83. The lowest BCUT2D eigenvalue weighted by Crippen LogP contribution is -2.66. The number of carbonyl (C=O) groups is 1. The summed E-state index contributed by atoms with van der Waals surface area (Å²) in [5.74, 6) is 0.0759. The second kappa shape index (κ2) is 9.29. The minimum absolute atomic E-state index is 0.0759. The number of hydrogen-bond donors (Lipinski definition) is 1. The predicted octanol–water partition coefficient (Wildman–Crippen LogP) is 3.60. The number of aromatic nitrogens is 6. The van der Waals surface area contributed by atoms with Gasteiger partial charge in [0.25, 0.3) is 5.91 Å². The van der Waals surface area contributed by atoms with Crippen LogP contribution >= 0.6 is 0 Å². The summed E-state index contributed by atoms with van der Waals surface area (Å²) in [5.41, 5.74) is 3.77. The number of nitriles is 1. The Morgan fingerprint density at radius 3 is 2.85 bits per heavy atom. The molecule has 0 radical (unpaired) electrons. The number of pyridine rings is 1. The van der Waals surface area contributed by atoms with Crippen molar-refractivity contribution in [3.8, 4) is 17.3 Å². The Hall–Kier alpha value is -4.62. The zero-order chi connectivity index (χ0) is 26.4. The molecule has 1 N–H and O–H groups in total. The van der Waals surface area contributed by atoms with Crippen LogP contribution in [0.1, 0.15) is 29.6 Å². The molecule has 2 aliphatic heterocycles. The lowest BCUT2D eigenvalue weighted by molar-refractivity contribution is -0.0412. The Morgan fingerprint density at radius 1 is 1.13 bits per heavy atom. The van der Waals surface area contributed by atoms with Crippen molar-refractivity contribution in [2.75, 3.05) is 26.2 Å². The van der Waals surface area contributed by atoms with E-state index in [9.17, 15) is 10.1 Å². The van der Waals surface area contributed by atoms with E-state index in [1.54, 1.807) is 12.5 Å². The molecular weight excluding hydrogens is 490 g/mol. The van der Waals surface area contributed by atoms with Crippen LogP contribution in [0.15, 0.2) is 67.5 Å². The molecule has 6 heterocycles. The van der Waals surface area contributed by atoms with Crippen LogP contribution in [0, 0.1) is 11.3 Å². The third-order valence-corrected chi connectivity index (χ3v) is 8.22. The topological polar surface area (TPSA) is 120 Å². The number of amides is 1. The summed E-state index contributed by atoms with van der Waals surface area (Å²) in [6, 6.07) is 14.3. The van der Waals surface area contributed by atoms with Crippen molar-refractivity contribution in [1.82, 2.24) is 39.5 Å². The summed E-state index contributed by atoms with van der Waals surface area (Å²) in [4.78, 5) is 33.8. The van der Waals surface area contributed by atoms with Crippen LogP contribution in [0.2, 0.25) is 0 Å². The van der Waals surface area contributed by atoms with Crippen LogP contribution in [0.25, 0.3) is 33.2 Å². The van der Waals surface area contributed by atoms with Gasteiger partial charge in [-0.1, -0.05) is 6.07 Å². The molecule has 7 rings (SSSR count). The molecule has 194 valence electrons. The molecule has 2 aliphatic rings. The van der Waals surface area contributed by atoms with Gasteiger partial charge in [0, 0.05) is 72.7 Å². The van der Waals surface area contributed by atoms with Crippen molar-refractivity contribution in [1.29, 1.82) is 5.26 Å². The summed E-state index contributed by atoms with van der Waals surface area (Å²) in [7, 11) is 0. The number of aromatic amines is 1. The second-order valence-corrected chi connectivity index (χ2v) is 10.5. The minimum atomic E-state index is -0.358. The van der Waals surface area contributed by atoms with Crippen molar-refractivity contribution in [2.45, 2.75) is 30.8 Å². The molecule has 2 saturated heterocycles. The summed E-state index contributed by atoms with van der Waals surface area (Å²) in [6.45, 7) is 2.98. The van der Waals surface area contributed by atoms with E-state index in [0.29, 0.717) is 18.0 Å². The first-order valence-electron chi connectivity index (χ1n) is 13.2. The van der Waals surface area contributed by atoms with E-state index >= 15 is 0 Å². The molecule has 0 saturated carbocycles. The van der Waals surface area contributed by atoms with Gasteiger partial charge < -0.3 is 9.88 Å². The molecule has 0 aliphatic carbocycles. The van der Waals surface area contributed by atoms with Gasteiger partial charge in [-0.05, 0) is 43.2 Å². The van der Waals surface area contributed by atoms with Crippen LogP contribution in [0.5, 0.6) is 0 Å². The number of fused-ring (bicyclic) bond motifs is 2. The molecule has 0 bridgehead atoms. The van der Waals surface area contributed by atoms with E-state index in [1.165, 1.54) is 0 Å². The standard InChI is InChI=1S/C29H27N9O/c30-9-8-29(38-16-22(15-35-38)26-24-5-11-32-27(24)34-19-33-26)17-37(18-29)23-6-12-36(13-7-23)28(39)21-3-4-25-20(14-21)2-1-10-31-25/h1-5,10-11,14-16,19,23H,6-8,12-13,17-18H2,(H,32,33,34). The molecule has 0 unspecified atom stereocenters. The quantitative estimate of drug-likeness (QED) is 0.378. The van der Waals surface area contributed by atoms with Gasteiger partial charge in [0.15, 0.2) is 0 Å². The highest BCUT2D eigenvalue weighted by atomic mass is 16.2. The van der Waals surface area contributed by atoms with Crippen LogP contribution < -0.4 is 0 Å². The fourth-order valence-electron chi connectivity index (χ4n) is 6.09. The van der Waals surface area contributed by atoms with Crippen molar-refractivity contribution in [2.24, 2.45) is 0 Å². The van der Waals surface area contributed by atoms with E-state index in [0.717, 1.165) is 72.2 Å². The number of nitrogens with zero attached hydrogens (tertiary/aromatic N) is 8. The largest absolute Gasteiger partial charge is 0.346 e. The number of nitrogens with one attached hydrogen (secondary N) is 1. The highest BCUT2D eigenvalue weighted by molar-refractivity contribution is 5.98. The summed E-state index contributed by atoms with van der Waals surface area (Å²) >= 11 is 0. The van der Waals surface area contributed by atoms with Gasteiger partial charge in [-0.2, -0.15) is 10.4 Å². The molecule has 1 amide bonds. The van der Waals surface area contributed by atoms with E-state index in [-0.39, 0.29) is 11.4 Å². The first kappa shape index (κ1) is 23.5. The number of benzene rings is 1. The number of likely N-dealkylation sites (tertiary alicyclic amines) is 2. The number of carbonyl (C=O) groups excluding carboxylic acids is 1. The molecule has 39 heavy (non-hydrogen) atoms. The fourth-order valence-corrected chi connectivity index (χ4v) is 6.09. The lowest BCUT2D eigenvalue weighted by Gasteiger charge is -2.53. The van der Waals surface area contributed by atoms with Crippen LogP contribution in [0.4, 0.5) is 0 Å². The van der Waals surface area contributed by atoms with Crippen LogP contribution in [-0.4, -0.2) is 77.6 Å². The number of hydrogen-bond acceptors (Lipinski definition) is 7. The molecule has 0 spiro atoms. The Labute approximate surface area is 224 Å². The van der Waals surface area contributed by atoms with Gasteiger partial charge in [-0.15, -0.1) is 0 Å². The predicted molar refractivity (Wildman–Crippen MR) is 146 cm³/mol. The van der Waals surface area contributed by atoms with Gasteiger partial charge in [-0.3, -0.25) is 19.4 Å². The summed E-state index contributed by atoms with van der Waals surface area (Å²) in [5, 5.41) is 16.3. The van der Waals surface area contributed by atoms with Gasteiger partial charge >= 0.3 is 0 Å². The molecular formula is C29H27N9O. The third kappa shape index (κ3) is 4.02. The summed E-state index contributed by atoms with van der Waals surface area (Å²) in [6.07, 6.45) is 11.2. The highest BCUT2D eigenvalue weighted by Gasteiger charge is 2.48.